The molecule has 1 heterocycles. The Morgan fingerprint density at radius 2 is 0.833 bits per heavy atom. The molecule has 140 valence electrons. The highest BCUT2D eigenvalue weighted by Crippen LogP contribution is 2.42. The van der Waals surface area contributed by atoms with Crippen LogP contribution in [0.25, 0.3) is 0 Å². The molecular formula is C21H41BO2. The van der Waals surface area contributed by atoms with Gasteiger partial charge < -0.3 is 9.31 Å². The largest absolute Gasteiger partial charge is 0.461 e. The van der Waals surface area contributed by atoms with Gasteiger partial charge in [0.1, 0.15) is 0 Å². The van der Waals surface area contributed by atoms with Crippen LogP contribution in [0.3, 0.4) is 0 Å². The monoisotopic (exact) mass is 336 g/mol. The van der Waals surface area contributed by atoms with Gasteiger partial charge in [-0.15, -0.1) is 0 Å². The summed E-state index contributed by atoms with van der Waals surface area (Å²) in [7, 11) is 0.00526. The van der Waals surface area contributed by atoms with Crippen molar-refractivity contribution in [1.29, 1.82) is 0 Å². The van der Waals surface area contributed by atoms with E-state index in [0.29, 0.717) is 5.82 Å². The molecule has 0 unspecified atom stereocenters. The Bertz CT molecular complexity index is 322. The molecule has 2 fully saturated rings. The second-order valence-corrected chi connectivity index (χ2v) is 9.20. The Labute approximate surface area is 151 Å². The molecule has 0 aromatic carbocycles. The Balaban J connectivity index is 1.87. The zero-order valence-electron chi connectivity index (χ0n) is 16.9. The van der Waals surface area contributed by atoms with Crippen LogP contribution in [0.4, 0.5) is 0 Å². The number of hydrogen-bond donors (Lipinski definition) is 0. The van der Waals surface area contributed by atoms with Crippen molar-refractivity contribution in [3.63, 3.8) is 0 Å². The SMILES string of the molecule is CC1(C)OB(C2CCCCCCCCCCCCCC2)OC1(C)C. The summed E-state index contributed by atoms with van der Waals surface area (Å²) in [5.74, 6) is 0.580. The van der Waals surface area contributed by atoms with Crippen LogP contribution in [0.15, 0.2) is 0 Å². The summed E-state index contributed by atoms with van der Waals surface area (Å²) in [4.78, 5) is 0. The lowest BCUT2D eigenvalue weighted by atomic mass is 9.66. The van der Waals surface area contributed by atoms with Gasteiger partial charge in [0.05, 0.1) is 11.2 Å². The van der Waals surface area contributed by atoms with Crippen LogP contribution in [0.2, 0.25) is 5.82 Å². The molecule has 0 radical (unpaired) electrons. The molecule has 2 aliphatic rings. The molecule has 0 amide bonds. The van der Waals surface area contributed by atoms with Gasteiger partial charge in [0, 0.05) is 0 Å². The summed E-state index contributed by atoms with van der Waals surface area (Å²) in [6.07, 6.45) is 19.5. The minimum atomic E-state index is -0.186. The third kappa shape index (κ3) is 6.06. The summed E-state index contributed by atoms with van der Waals surface area (Å²) in [5.41, 5.74) is -0.372. The summed E-state index contributed by atoms with van der Waals surface area (Å²) in [6.45, 7) is 8.72. The summed E-state index contributed by atoms with van der Waals surface area (Å²) in [6, 6.07) is 0. The highest BCUT2D eigenvalue weighted by molar-refractivity contribution is 6.47. The van der Waals surface area contributed by atoms with Crippen molar-refractivity contribution >= 4 is 7.12 Å². The maximum atomic E-state index is 6.37. The summed E-state index contributed by atoms with van der Waals surface area (Å²) in [5, 5.41) is 0. The van der Waals surface area contributed by atoms with Crippen molar-refractivity contribution in [2.24, 2.45) is 0 Å². The van der Waals surface area contributed by atoms with E-state index in [0.717, 1.165) is 0 Å². The van der Waals surface area contributed by atoms with Crippen LogP contribution < -0.4 is 0 Å². The first-order valence-corrected chi connectivity index (χ1v) is 10.8. The van der Waals surface area contributed by atoms with Crippen molar-refractivity contribution in [3.8, 4) is 0 Å². The van der Waals surface area contributed by atoms with Gasteiger partial charge in [-0.1, -0.05) is 89.9 Å². The predicted octanol–water partition coefficient (Wildman–Crippen LogP) is 6.92. The van der Waals surface area contributed by atoms with Crippen LogP contribution in [-0.4, -0.2) is 18.3 Å². The Morgan fingerprint density at radius 3 is 1.17 bits per heavy atom. The van der Waals surface area contributed by atoms with Crippen LogP contribution >= 0.6 is 0 Å². The molecule has 3 heteroatoms. The quantitative estimate of drug-likeness (QED) is 0.484. The molecule has 1 saturated heterocycles. The smallest absolute Gasteiger partial charge is 0.403 e. The molecule has 0 atom stereocenters. The lowest BCUT2D eigenvalue weighted by Crippen LogP contribution is -2.41. The minimum Gasteiger partial charge on any atom is -0.403 e. The van der Waals surface area contributed by atoms with E-state index in [-0.39, 0.29) is 18.3 Å². The lowest BCUT2D eigenvalue weighted by molar-refractivity contribution is 0.00578. The van der Waals surface area contributed by atoms with Gasteiger partial charge in [-0.25, -0.2) is 0 Å². The van der Waals surface area contributed by atoms with Crippen molar-refractivity contribution in [1.82, 2.24) is 0 Å². The first-order valence-electron chi connectivity index (χ1n) is 10.8. The van der Waals surface area contributed by atoms with Gasteiger partial charge in [0.15, 0.2) is 0 Å². The van der Waals surface area contributed by atoms with Crippen molar-refractivity contribution in [3.05, 3.63) is 0 Å². The molecule has 2 rings (SSSR count). The molecule has 24 heavy (non-hydrogen) atoms. The maximum Gasteiger partial charge on any atom is 0.461 e. The molecule has 0 N–H and O–H groups in total. The van der Waals surface area contributed by atoms with Gasteiger partial charge in [0.2, 0.25) is 0 Å². The van der Waals surface area contributed by atoms with E-state index in [4.69, 9.17) is 9.31 Å². The Morgan fingerprint density at radius 1 is 0.542 bits per heavy atom. The van der Waals surface area contributed by atoms with Crippen molar-refractivity contribution in [2.75, 3.05) is 0 Å². The van der Waals surface area contributed by atoms with Crippen LogP contribution in [0.1, 0.15) is 118 Å². The second-order valence-electron chi connectivity index (χ2n) is 9.20. The van der Waals surface area contributed by atoms with Gasteiger partial charge in [-0.3, -0.25) is 0 Å². The fraction of sp³-hybridized carbons (Fsp3) is 1.00. The Kier molecular flexibility index (Phi) is 8.14. The molecule has 0 aromatic rings. The van der Waals surface area contributed by atoms with Gasteiger partial charge in [-0.2, -0.15) is 0 Å². The molecule has 0 bridgehead atoms. The molecular weight excluding hydrogens is 295 g/mol. The average Bonchev–Trinajstić information content (AvgIpc) is 2.72. The highest BCUT2D eigenvalue weighted by Gasteiger charge is 2.53. The zero-order chi connectivity index (χ0) is 17.5. The zero-order valence-corrected chi connectivity index (χ0v) is 16.9. The number of rotatable bonds is 1. The minimum absolute atomic E-state index is 0.00526. The average molecular weight is 336 g/mol. The maximum absolute atomic E-state index is 6.37. The summed E-state index contributed by atoms with van der Waals surface area (Å²) < 4.78 is 12.7. The highest BCUT2D eigenvalue weighted by atomic mass is 16.7. The molecule has 1 aliphatic carbocycles. The van der Waals surface area contributed by atoms with E-state index in [2.05, 4.69) is 27.7 Å². The first kappa shape index (κ1) is 20.3. The third-order valence-corrected chi connectivity index (χ3v) is 6.56. The van der Waals surface area contributed by atoms with Gasteiger partial charge >= 0.3 is 7.12 Å². The molecule has 2 nitrogen and oxygen atoms in total. The molecule has 0 spiro atoms. The van der Waals surface area contributed by atoms with E-state index in [1.165, 1.54) is 89.9 Å². The molecule has 1 aliphatic heterocycles. The number of hydrogen-bond acceptors (Lipinski definition) is 2. The first-order chi connectivity index (χ1) is 11.4. The van der Waals surface area contributed by atoms with Gasteiger partial charge in [0.25, 0.3) is 0 Å². The van der Waals surface area contributed by atoms with Gasteiger partial charge in [-0.05, 0) is 33.5 Å². The Hall–Kier alpha value is -0.0151. The third-order valence-electron chi connectivity index (χ3n) is 6.56. The fourth-order valence-electron chi connectivity index (χ4n) is 4.08. The summed E-state index contributed by atoms with van der Waals surface area (Å²) >= 11 is 0. The fourth-order valence-corrected chi connectivity index (χ4v) is 4.08. The van der Waals surface area contributed by atoms with E-state index in [1.807, 2.05) is 0 Å². The normalized spacial score (nSPS) is 28.2. The van der Waals surface area contributed by atoms with Crippen LogP contribution in [-0.2, 0) is 9.31 Å². The van der Waals surface area contributed by atoms with E-state index in [9.17, 15) is 0 Å². The lowest BCUT2D eigenvalue weighted by Gasteiger charge is -2.32. The van der Waals surface area contributed by atoms with Crippen LogP contribution in [0, 0.1) is 0 Å². The predicted molar refractivity (Wildman–Crippen MR) is 104 cm³/mol. The standard InChI is InChI=1S/C21H41BO2/c1-20(2)21(3,4)24-22(23-20)19-17-15-13-11-9-7-5-6-8-10-12-14-16-18-19/h19H,5-18H2,1-4H3. The van der Waals surface area contributed by atoms with E-state index in [1.54, 1.807) is 0 Å². The van der Waals surface area contributed by atoms with E-state index >= 15 is 0 Å². The van der Waals surface area contributed by atoms with E-state index < -0.39 is 0 Å². The van der Waals surface area contributed by atoms with Crippen molar-refractivity contribution < 1.29 is 9.31 Å². The van der Waals surface area contributed by atoms with Crippen molar-refractivity contribution in [2.45, 2.75) is 135 Å². The molecule has 0 aromatic heterocycles. The molecule has 1 saturated carbocycles. The van der Waals surface area contributed by atoms with Crippen LogP contribution in [0.5, 0.6) is 0 Å². The topological polar surface area (TPSA) is 18.5 Å². The second kappa shape index (κ2) is 9.62.